The quantitative estimate of drug-likeness (QED) is 0.889. The van der Waals surface area contributed by atoms with Crippen molar-refractivity contribution in [2.45, 2.75) is 12.2 Å². The number of ether oxygens (including phenoxy) is 2. The average molecular weight is 261 g/mol. The van der Waals surface area contributed by atoms with Gasteiger partial charge in [0.05, 0.1) is 18.7 Å². The second-order valence-electron chi connectivity index (χ2n) is 3.79. The van der Waals surface area contributed by atoms with E-state index in [9.17, 15) is 18.0 Å². The Bertz CT molecular complexity index is 473. The third-order valence-electron chi connectivity index (χ3n) is 2.57. The molecule has 98 valence electrons. The molecule has 1 amide bonds. The van der Waals surface area contributed by atoms with Crippen molar-refractivity contribution in [3.8, 4) is 5.75 Å². The standard InChI is InChI=1S/C11H10F3NO3/c1-17-8-3-6(9-5-18-10(16)15-9)2-7(4-8)11(12,13)14/h2-4,9H,5H2,1H3,(H,15,16)/t9-/m1/s1. The SMILES string of the molecule is COc1cc([C@H]2COC(=O)N2)cc(C(F)(F)F)c1. The summed E-state index contributed by atoms with van der Waals surface area (Å²) in [6.45, 7) is 0.00327. The Hall–Kier alpha value is -1.92. The topological polar surface area (TPSA) is 47.6 Å². The van der Waals surface area contributed by atoms with Gasteiger partial charge in [-0.2, -0.15) is 13.2 Å². The van der Waals surface area contributed by atoms with Crippen LogP contribution in [0, 0.1) is 0 Å². The molecule has 4 nitrogen and oxygen atoms in total. The van der Waals surface area contributed by atoms with E-state index in [0.717, 1.165) is 12.1 Å². The lowest BCUT2D eigenvalue weighted by Gasteiger charge is -2.14. The van der Waals surface area contributed by atoms with Crippen LogP contribution in [0.4, 0.5) is 18.0 Å². The maximum atomic E-state index is 12.7. The highest BCUT2D eigenvalue weighted by molar-refractivity contribution is 5.70. The van der Waals surface area contributed by atoms with Crippen molar-refractivity contribution >= 4 is 6.09 Å². The summed E-state index contributed by atoms with van der Waals surface area (Å²) in [5, 5.41) is 2.42. The van der Waals surface area contributed by atoms with Gasteiger partial charge in [0.15, 0.2) is 0 Å². The summed E-state index contributed by atoms with van der Waals surface area (Å²) in [6, 6.07) is 2.73. The van der Waals surface area contributed by atoms with Gasteiger partial charge in [-0.05, 0) is 23.8 Å². The van der Waals surface area contributed by atoms with Gasteiger partial charge in [0.1, 0.15) is 12.4 Å². The monoisotopic (exact) mass is 261 g/mol. The number of hydrogen-bond donors (Lipinski definition) is 1. The second-order valence-corrected chi connectivity index (χ2v) is 3.79. The number of methoxy groups -OCH3 is 1. The fraction of sp³-hybridized carbons (Fsp3) is 0.364. The number of halogens is 3. The molecule has 1 heterocycles. The van der Waals surface area contributed by atoms with Gasteiger partial charge in [0.25, 0.3) is 0 Å². The summed E-state index contributed by atoms with van der Waals surface area (Å²) in [6.07, 6.45) is -5.11. The van der Waals surface area contributed by atoms with E-state index >= 15 is 0 Å². The van der Waals surface area contributed by atoms with Crippen molar-refractivity contribution in [3.63, 3.8) is 0 Å². The van der Waals surface area contributed by atoms with E-state index in [1.165, 1.54) is 13.2 Å². The van der Waals surface area contributed by atoms with Gasteiger partial charge in [-0.25, -0.2) is 4.79 Å². The van der Waals surface area contributed by atoms with Gasteiger partial charge >= 0.3 is 12.3 Å². The Balaban J connectivity index is 2.38. The molecule has 1 aliphatic heterocycles. The van der Waals surface area contributed by atoms with Crippen LogP contribution in [0.1, 0.15) is 17.2 Å². The Morgan fingerprint density at radius 1 is 1.39 bits per heavy atom. The smallest absolute Gasteiger partial charge is 0.416 e. The lowest BCUT2D eigenvalue weighted by atomic mass is 10.0. The van der Waals surface area contributed by atoms with Crippen LogP contribution in [0.25, 0.3) is 0 Å². The Labute approximate surface area is 101 Å². The molecule has 18 heavy (non-hydrogen) atoms. The predicted molar refractivity (Wildman–Crippen MR) is 55.2 cm³/mol. The van der Waals surface area contributed by atoms with Gasteiger partial charge in [0, 0.05) is 0 Å². The first-order valence-electron chi connectivity index (χ1n) is 5.09. The zero-order valence-corrected chi connectivity index (χ0v) is 9.38. The molecule has 1 aromatic rings. The van der Waals surface area contributed by atoms with Gasteiger partial charge in [-0.15, -0.1) is 0 Å². The van der Waals surface area contributed by atoms with Crippen LogP contribution in [0.3, 0.4) is 0 Å². The van der Waals surface area contributed by atoms with Crippen molar-refractivity contribution in [2.24, 2.45) is 0 Å². The first kappa shape index (κ1) is 12.5. The molecule has 0 saturated carbocycles. The van der Waals surface area contributed by atoms with E-state index in [4.69, 9.17) is 4.74 Å². The number of alkyl halides is 3. The number of cyclic esters (lactones) is 1. The molecule has 1 aliphatic rings. The van der Waals surface area contributed by atoms with E-state index in [-0.39, 0.29) is 12.4 Å². The molecule has 1 fully saturated rings. The number of nitrogens with one attached hydrogen (secondary N) is 1. The number of benzene rings is 1. The largest absolute Gasteiger partial charge is 0.497 e. The minimum Gasteiger partial charge on any atom is -0.497 e. The molecule has 7 heteroatoms. The summed E-state index contributed by atoms with van der Waals surface area (Å²) >= 11 is 0. The summed E-state index contributed by atoms with van der Waals surface area (Å²) < 4.78 is 47.5. The fourth-order valence-electron chi connectivity index (χ4n) is 1.67. The molecule has 2 rings (SSSR count). The zero-order chi connectivity index (χ0) is 13.3. The molecule has 0 bridgehead atoms. The summed E-state index contributed by atoms with van der Waals surface area (Å²) in [4.78, 5) is 10.9. The van der Waals surface area contributed by atoms with Gasteiger partial charge < -0.3 is 14.8 Å². The normalized spacial score (nSPS) is 19.3. The van der Waals surface area contributed by atoms with Crippen LogP contribution < -0.4 is 10.1 Å². The lowest BCUT2D eigenvalue weighted by Crippen LogP contribution is -2.19. The molecule has 1 saturated heterocycles. The lowest BCUT2D eigenvalue weighted by molar-refractivity contribution is -0.137. The maximum Gasteiger partial charge on any atom is 0.416 e. The molecular formula is C11H10F3NO3. The summed E-state index contributed by atoms with van der Waals surface area (Å²) in [5.74, 6) is 0.0842. The third kappa shape index (κ3) is 2.49. The van der Waals surface area contributed by atoms with Crippen molar-refractivity contribution < 1.29 is 27.4 Å². The number of hydrogen-bond acceptors (Lipinski definition) is 3. The Morgan fingerprint density at radius 2 is 2.11 bits per heavy atom. The highest BCUT2D eigenvalue weighted by Crippen LogP contribution is 2.34. The Kier molecular flexibility index (Phi) is 3.06. The van der Waals surface area contributed by atoms with Crippen LogP contribution in [0.2, 0.25) is 0 Å². The first-order chi connectivity index (χ1) is 8.40. The van der Waals surface area contributed by atoms with Gasteiger partial charge in [-0.1, -0.05) is 0 Å². The number of alkyl carbamates (subject to hydrolysis) is 1. The molecule has 1 atom stereocenters. The van der Waals surface area contributed by atoms with Crippen LogP contribution >= 0.6 is 0 Å². The predicted octanol–water partition coefficient (Wildman–Crippen LogP) is 2.49. The van der Waals surface area contributed by atoms with E-state index < -0.39 is 23.9 Å². The molecule has 1 N–H and O–H groups in total. The fourth-order valence-corrected chi connectivity index (χ4v) is 1.67. The maximum absolute atomic E-state index is 12.7. The van der Waals surface area contributed by atoms with Gasteiger partial charge in [-0.3, -0.25) is 0 Å². The van der Waals surface area contributed by atoms with Gasteiger partial charge in [0.2, 0.25) is 0 Å². The van der Waals surface area contributed by atoms with Crippen LogP contribution in [0.15, 0.2) is 18.2 Å². The second kappa shape index (κ2) is 4.40. The molecule has 0 spiro atoms. The van der Waals surface area contributed by atoms with Crippen LogP contribution in [-0.2, 0) is 10.9 Å². The van der Waals surface area contributed by atoms with Crippen molar-refractivity contribution in [1.29, 1.82) is 0 Å². The first-order valence-corrected chi connectivity index (χ1v) is 5.09. The number of amides is 1. The Morgan fingerprint density at radius 3 is 2.61 bits per heavy atom. The molecular weight excluding hydrogens is 251 g/mol. The molecule has 0 radical (unpaired) electrons. The van der Waals surface area contributed by atoms with Crippen molar-refractivity contribution in [1.82, 2.24) is 5.32 Å². The number of carbonyl (C=O) groups is 1. The summed E-state index contributed by atoms with van der Waals surface area (Å²) in [7, 11) is 1.28. The molecule has 0 unspecified atom stereocenters. The van der Waals surface area contributed by atoms with Crippen molar-refractivity contribution in [3.05, 3.63) is 29.3 Å². The number of rotatable bonds is 2. The van der Waals surface area contributed by atoms with Crippen molar-refractivity contribution in [2.75, 3.05) is 13.7 Å². The van der Waals surface area contributed by atoms with Crippen LogP contribution in [-0.4, -0.2) is 19.8 Å². The number of carbonyl (C=O) groups excluding carboxylic acids is 1. The molecule has 0 aliphatic carbocycles. The zero-order valence-electron chi connectivity index (χ0n) is 9.38. The van der Waals surface area contributed by atoms with E-state index in [2.05, 4.69) is 10.1 Å². The van der Waals surface area contributed by atoms with Crippen LogP contribution in [0.5, 0.6) is 5.75 Å². The highest BCUT2D eigenvalue weighted by atomic mass is 19.4. The van der Waals surface area contributed by atoms with E-state index in [0.29, 0.717) is 5.56 Å². The third-order valence-corrected chi connectivity index (χ3v) is 2.57. The average Bonchev–Trinajstić information content (AvgIpc) is 2.74. The van der Waals surface area contributed by atoms with E-state index in [1.54, 1.807) is 0 Å². The minimum absolute atomic E-state index is 0.00327. The minimum atomic E-state index is -4.47. The van der Waals surface area contributed by atoms with E-state index in [1.807, 2.05) is 0 Å². The highest BCUT2D eigenvalue weighted by Gasteiger charge is 2.33. The molecule has 1 aromatic carbocycles. The molecule has 0 aromatic heterocycles. The summed E-state index contributed by atoms with van der Waals surface area (Å²) in [5.41, 5.74) is -0.523.